The van der Waals surface area contributed by atoms with E-state index < -0.39 is 0 Å². The summed E-state index contributed by atoms with van der Waals surface area (Å²) in [6, 6.07) is 13.3. The number of ether oxygens (including phenoxy) is 2. The molecular weight excluding hydrogens is 352 g/mol. The van der Waals surface area contributed by atoms with Crippen molar-refractivity contribution in [2.45, 2.75) is 31.2 Å². The van der Waals surface area contributed by atoms with Crippen LogP contribution in [0.5, 0.6) is 11.5 Å². The Kier molecular flexibility index (Phi) is 4.41. The molecule has 1 atom stereocenters. The fourth-order valence-corrected chi connectivity index (χ4v) is 3.41. The van der Waals surface area contributed by atoms with Crippen LogP contribution >= 0.6 is 11.6 Å². The van der Waals surface area contributed by atoms with Gasteiger partial charge in [-0.2, -0.15) is 0 Å². The molecular formula is C20H21ClN2O3. The summed E-state index contributed by atoms with van der Waals surface area (Å²) in [4.78, 5) is 12.3. The lowest BCUT2D eigenvalue weighted by molar-refractivity contribution is 0.174. The number of carbonyl (C=O) groups is 1. The predicted octanol–water partition coefficient (Wildman–Crippen LogP) is 4.16. The minimum Gasteiger partial charge on any atom is -0.454 e. The number of amides is 2. The van der Waals surface area contributed by atoms with E-state index >= 15 is 0 Å². The molecule has 1 aliphatic carbocycles. The first kappa shape index (κ1) is 17.0. The summed E-state index contributed by atoms with van der Waals surface area (Å²) in [5, 5.41) is 6.72. The zero-order chi connectivity index (χ0) is 18.1. The first-order valence-corrected chi connectivity index (χ1v) is 9.13. The summed E-state index contributed by atoms with van der Waals surface area (Å²) in [5.74, 6) is 1.46. The van der Waals surface area contributed by atoms with Crippen molar-refractivity contribution >= 4 is 17.6 Å². The molecule has 2 amide bonds. The molecule has 1 fully saturated rings. The maximum atomic E-state index is 12.3. The van der Waals surface area contributed by atoms with Gasteiger partial charge in [0.2, 0.25) is 6.79 Å². The molecule has 1 unspecified atom stereocenters. The summed E-state index contributed by atoms with van der Waals surface area (Å²) in [6.07, 6.45) is 2.15. The predicted molar refractivity (Wildman–Crippen MR) is 99.9 cm³/mol. The van der Waals surface area contributed by atoms with E-state index in [1.165, 1.54) is 5.56 Å². The van der Waals surface area contributed by atoms with Crippen molar-refractivity contribution in [3.05, 3.63) is 58.6 Å². The molecule has 2 aliphatic rings. The van der Waals surface area contributed by atoms with Crippen LogP contribution in [0.15, 0.2) is 42.5 Å². The molecule has 1 saturated carbocycles. The summed E-state index contributed by atoms with van der Waals surface area (Å²) < 4.78 is 10.7. The summed E-state index contributed by atoms with van der Waals surface area (Å²) in [5.41, 5.74) is 2.25. The minimum absolute atomic E-state index is 0.0456. The van der Waals surface area contributed by atoms with Gasteiger partial charge in [0.05, 0.1) is 6.04 Å². The fourth-order valence-electron chi connectivity index (χ4n) is 3.28. The molecule has 2 N–H and O–H groups in total. The lowest BCUT2D eigenvalue weighted by Gasteiger charge is -2.19. The highest BCUT2D eigenvalue weighted by atomic mass is 35.5. The highest BCUT2D eigenvalue weighted by Crippen LogP contribution is 2.47. The summed E-state index contributed by atoms with van der Waals surface area (Å²) in [6.45, 7) is 2.81. The van der Waals surface area contributed by atoms with Crippen LogP contribution in [0.2, 0.25) is 5.02 Å². The van der Waals surface area contributed by atoms with Crippen LogP contribution in [0.25, 0.3) is 0 Å². The highest BCUT2D eigenvalue weighted by Gasteiger charge is 2.44. The zero-order valence-corrected chi connectivity index (χ0v) is 15.3. The molecule has 2 aromatic rings. The molecule has 136 valence electrons. The standard InChI is InChI=1S/C20H21ClN2O3/c1-13(14-2-7-17-18(10-14)26-12-25-17)23-19(24)22-11-20(8-9-20)15-3-5-16(21)6-4-15/h2-7,10,13H,8-9,11-12H2,1H3,(H2,22,23,24). The number of hydrogen-bond donors (Lipinski definition) is 2. The normalized spacial score (nSPS) is 17.5. The van der Waals surface area contributed by atoms with Gasteiger partial charge in [-0.1, -0.05) is 29.8 Å². The van der Waals surface area contributed by atoms with E-state index in [1.54, 1.807) is 0 Å². The second kappa shape index (κ2) is 6.72. The van der Waals surface area contributed by atoms with Crippen molar-refractivity contribution in [1.82, 2.24) is 10.6 Å². The number of hydrogen-bond acceptors (Lipinski definition) is 3. The maximum absolute atomic E-state index is 12.3. The third-order valence-corrected chi connectivity index (χ3v) is 5.39. The first-order valence-electron chi connectivity index (χ1n) is 8.76. The van der Waals surface area contributed by atoms with Crippen molar-refractivity contribution in [3.63, 3.8) is 0 Å². The Morgan fingerprint density at radius 2 is 1.88 bits per heavy atom. The van der Waals surface area contributed by atoms with Gasteiger partial charge in [-0.15, -0.1) is 0 Å². The van der Waals surface area contributed by atoms with Gasteiger partial charge in [-0.05, 0) is 55.2 Å². The van der Waals surface area contributed by atoms with Gasteiger partial charge in [0.15, 0.2) is 11.5 Å². The van der Waals surface area contributed by atoms with Gasteiger partial charge in [0.1, 0.15) is 0 Å². The molecule has 4 rings (SSSR count). The van der Waals surface area contributed by atoms with E-state index in [-0.39, 0.29) is 24.3 Å². The van der Waals surface area contributed by atoms with Gasteiger partial charge in [-0.3, -0.25) is 0 Å². The fraction of sp³-hybridized carbons (Fsp3) is 0.350. The monoisotopic (exact) mass is 372 g/mol. The SMILES string of the molecule is CC(NC(=O)NCC1(c2ccc(Cl)cc2)CC1)c1ccc2c(c1)OCO2. The second-order valence-electron chi connectivity index (χ2n) is 6.95. The Hall–Kier alpha value is -2.40. The topological polar surface area (TPSA) is 59.6 Å². The van der Waals surface area contributed by atoms with Crippen molar-refractivity contribution in [2.24, 2.45) is 0 Å². The minimum atomic E-state index is -0.171. The zero-order valence-electron chi connectivity index (χ0n) is 14.5. The third kappa shape index (κ3) is 3.44. The molecule has 0 aromatic heterocycles. The van der Waals surface area contributed by atoms with Gasteiger partial charge in [0.25, 0.3) is 0 Å². The van der Waals surface area contributed by atoms with Crippen LogP contribution in [-0.2, 0) is 5.41 Å². The summed E-state index contributed by atoms with van der Waals surface area (Å²) in [7, 11) is 0. The molecule has 0 saturated heterocycles. The van der Waals surface area contributed by atoms with Gasteiger partial charge < -0.3 is 20.1 Å². The number of benzene rings is 2. The van der Waals surface area contributed by atoms with Crippen molar-refractivity contribution in [1.29, 1.82) is 0 Å². The highest BCUT2D eigenvalue weighted by molar-refractivity contribution is 6.30. The van der Waals surface area contributed by atoms with Crippen LogP contribution in [0.3, 0.4) is 0 Å². The molecule has 1 aliphatic heterocycles. The Labute approximate surface area is 157 Å². The van der Waals surface area contributed by atoms with Crippen molar-refractivity contribution in [3.8, 4) is 11.5 Å². The Balaban J connectivity index is 1.33. The average Bonchev–Trinajstić information content (AvgIpc) is 3.28. The molecule has 5 nitrogen and oxygen atoms in total. The average molecular weight is 373 g/mol. The van der Waals surface area contributed by atoms with E-state index in [0.717, 1.165) is 34.9 Å². The van der Waals surface area contributed by atoms with E-state index in [1.807, 2.05) is 49.4 Å². The molecule has 26 heavy (non-hydrogen) atoms. The molecule has 0 radical (unpaired) electrons. The Bertz CT molecular complexity index is 818. The molecule has 1 heterocycles. The van der Waals surface area contributed by atoms with Crippen LogP contribution in [0.1, 0.15) is 36.9 Å². The number of rotatable bonds is 5. The van der Waals surface area contributed by atoms with Crippen LogP contribution in [-0.4, -0.2) is 19.4 Å². The molecule has 0 spiro atoms. The second-order valence-corrected chi connectivity index (χ2v) is 7.39. The van der Waals surface area contributed by atoms with E-state index in [4.69, 9.17) is 21.1 Å². The summed E-state index contributed by atoms with van der Waals surface area (Å²) >= 11 is 5.96. The van der Waals surface area contributed by atoms with E-state index in [9.17, 15) is 4.79 Å². The third-order valence-electron chi connectivity index (χ3n) is 5.14. The number of halogens is 1. The van der Waals surface area contributed by atoms with Crippen LogP contribution in [0.4, 0.5) is 4.79 Å². The molecule has 6 heteroatoms. The first-order chi connectivity index (χ1) is 12.6. The number of fused-ring (bicyclic) bond motifs is 1. The lowest BCUT2D eigenvalue weighted by atomic mass is 9.96. The van der Waals surface area contributed by atoms with E-state index in [2.05, 4.69) is 10.6 Å². The lowest BCUT2D eigenvalue weighted by Crippen LogP contribution is -2.40. The van der Waals surface area contributed by atoms with E-state index in [0.29, 0.717) is 6.54 Å². The van der Waals surface area contributed by atoms with Crippen molar-refractivity contribution in [2.75, 3.05) is 13.3 Å². The number of carbonyl (C=O) groups excluding carboxylic acids is 1. The molecule has 2 aromatic carbocycles. The number of urea groups is 1. The van der Waals surface area contributed by atoms with Crippen molar-refractivity contribution < 1.29 is 14.3 Å². The Morgan fingerprint density at radius 1 is 1.15 bits per heavy atom. The maximum Gasteiger partial charge on any atom is 0.315 e. The van der Waals surface area contributed by atoms with Crippen LogP contribution in [0, 0.1) is 0 Å². The quantitative estimate of drug-likeness (QED) is 0.828. The van der Waals surface area contributed by atoms with Gasteiger partial charge >= 0.3 is 6.03 Å². The Morgan fingerprint density at radius 3 is 2.62 bits per heavy atom. The largest absolute Gasteiger partial charge is 0.454 e. The number of nitrogens with one attached hydrogen (secondary N) is 2. The molecule has 0 bridgehead atoms. The van der Waals surface area contributed by atoms with Gasteiger partial charge in [-0.25, -0.2) is 4.79 Å². The van der Waals surface area contributed by atoms with Gasteiger partial charge in [0, 0.05) is 17.0 Å². The van der Waals surface area contributed by atoms with Crippen LogP contribution < -0.4 is 20.1 Å². The smallest absolute Gasteiger partial charge is 0.315 e.